The van der Waals surface area contributed by atoms with E-state index in [1.165, 1.54) is 55.0 Å². The van der Waals surface area contributed by atoms with Crippen molar-refractivity contribution >= 4 is 134 Å². The molecule has 0 saturated carbocycles. The van der Waals surface area contributed by atoms with Crippen molar-refractivity contribution in [1.82, 2.24) is 21.3 Å². The first kappa shape index (κ1) is 101. The molecule has 0 rings (SSSR count). The molecule has 0 aliphatic rings. The number of carbonyl (C=O) groups excluding carboxylic acids is 8. The number of likely N-dealkylation sites (N-methyl/N-ethyl adjacent to an activating group) is 2. The summed E-state index contributed by atoms with van der Waals surface area (Å²) in [5.41, 5.74) is 10.8. The summed E-state index contributed by atoms with van der Waals surface area (Å²) < 4.78 is 102. The lowest BCUT2D eigenvalue weighted by molar-refractivity contribution is -0.150. The average molecular weight is 1430 g/mol. The Morgan fingerprint density at radius 3 is 0.773 bits per heavy atom. The van der Waals surface area contributed by atoms with Crippen molar-refractivity contribution in [3.05, 3.63) is 0 Å². The van der Waals surface area contributed by atoms with Crippen LogP contribution in [-0.2, 0) is 144 Å². The fourth-order valence-electron chi connectivity index (χ4n) is 5.04. The molecule has 0 fully saturated rings. The van der Waals surface area contributed by atoms with E-state index in [1.807, 2.05) is 13.8 Å². The van der Waals surface area contributed by atoms with Gasteiger partial charge in [0.1, 0.15) is 12.1 Å². The van der Waals surface area contributed by atoms with Crippen molar-refractivity contribution in [3.8, 4) is 0 Å². The van der Waals surface area contributed by atoms with E-state index in [1.54, 1.807) is 65.5 Å². The third kappa shape index (κ3) is 77.0. The Morgan fingerprint density at radius 2 is 0.534 bits per heavy atom. The Bertz CT molecular complexity index is 1700. The fourth-order valence-corrected chi connectivity index (χ4v) is 10.1. The van der Waals surface area contributed by atoms with Gasteiger partial charge in [-0.3, -0.25) is 67.2 Å². The van der Waals surface area contributed by atoms with Crippen LogP contribution in [0.5, 0.6) is 0 Å². The maximum absolute atomic E-state index is 10.9. The minimum atomic E-state index is -1.14. The fraction of sp³-hybridized carbons (Fsp3) is 0.846. The number of hydrogen-bond donors (Lipinski definition) is 8. The SMILES string of the molecule is CNC(=O)C(C)CCS(C)=O.CNC(=O)C(C)CCS(C)=O.CNC(=O)C(N)CCS(C)=O.CNC(=O)C(O)CCS(C)=O.COC(=O)C(C)CCS(C)=O.COC(=O)C(C)CCS(C)=O.COC(=O)C(N)CCS(C)=O.COC(=O)C(O)CCS(C)=O. The lowest BCUT2D eigenvalue weighted by Crippen LogP contribution is -2.39. The molecule has 88 heavy (non-hydrogen) atoms. The monoisotopic (exact) mass is 1430 g/mol. The normalized spacial score (nSPS) is 15.5. The van der Waals surface area contributed by atoms with Gasteiger partial charge in [-0.25, -0.2) is 4.79 Å². The number of methoxy groups -OCH3 is 4. The predicted molar refractivity (Wildman–Crippen MR) is 357 cm³/mol. The highest BCUT2D eigenvalue weighted by atomic mass is 32.2. The minimum Gasteiger partial charge on any atom is -0.469 e. The van der Waals surface area contributed by atoms with Crippen LogP contribution in [0.4, 0.5) is 0 Å². The highest BCUT2D eigenvalue weighted by Gasteiger charge is 2.18. The van der Waals surface area contributed by atoms with Gasteiger partial charge in [-0.2, -0.15) is 0 Å². The number of ether oxygens (including phenoxy) is 4. The van der Waals surface area contributed by atoms with Crippen molar-refractivity contribution in [1.29, 1.82) is 0 Å². The highest BCUT2D eigenvalue weighted by Crippen LogP contribution is 2.06. The predicted octanol–water partition coefficient (Wildman–Crippen LogP) is -2.36. The van der Waals surface area contributed by atoms with Gasteiger partial charge in [-0.05, 0) is 51.4 Å². The number of aliphatic hydroxyl groups excluding tert-OH is 2. The molecule has 16 atom stereocenters. The minimum absolute atomic E-state index is 0.0236. The molecule has 0 heterocycles. The summed E-state index contributed by atoms with van der Waals surface area (Å²) in [5, 5.41) is 27.8. The molecule has 0 saturated heterocycles. The molecule has 0 aliphatic heterocycles. The number of carbonyl (C=O) groups is 8. The molecule has 0 aliphatic carbocycles. The summed E-state index contributed by atoms with van der Waals surface area (Å²) in [4.78, 5) is 86.1. The number of nitrogens with two attached hydrogens (primary N) is 2. The second-order valence-electron chi connectivity index (χ2n) is 18.9. The molecule has 4 amide bonds. The molecule has 0 bridgehead atoms. The van der Waals surface area contributed by atoms with E-state index in [0.29, 0.717) is 84.5 Å². The zero-order valence-corrected chi connectivity index (χ0v) is 61.9. The maximum Gasteiger partial charge on any atom is 0.334 e. The third-order valence-electron chi connectivity index (χ3n) is 10.8. The highest BCUT2D eigenvalue weighted by molar-refractivity contribution is 7.85. The lowest BCUT2D eigenvalue weighted by atomic mass is 10.1. The molecule has 10 N–H and O–H groups in total. The van der Waals surface area contributed by atoms with Crippen LogP contribution >= 0.6 is 0 Å². The lowest BCUT2D eigenvalue weighted by Gasteiger charge is -2.07. The van der Waals surface area contributed by atoms with E-state index in [0.717, 1.165) is 0 Å². The van der Waals surface area contributed by atoms with Crippen LogP contribution in [0.15, 0.2) is 0 Å². The summed E-state index contributed by atoms with van der Waals surface area (Å²) in [7, 11) is 4.55. The zero-order valence-electron chi connectivity index (χ0n) is 55.4. The molecule has 36 heteroatoms. The molecular formula is C52H110N6O22S8. The van der Waals surface area contributed by atoms with Crippen molar-refractivity contribution in [2.24, 2.45) is 35.1 Å². The first-order valence-corrected chi connectivity index (χ1v) is 40.9. The van der Waals surface area contributed by atoms with Gasteiger partial charge in [-0.15, -0.1) is 0 Å². The zero-order chi connectivity index (χ0) is 70.8. The topological polar surface area (TPSA) is 451 Å². The van der Waals surface area contributed by atoms with Crippen molar-refractivity contribution in [2.45, 2.75) is 103 Å². The van der Waals surface area contributed by atoms with E-state index in [4.69, 9.17) is 21.7 Å². The smallest absolute Gasteiger partial charge is 0.334 e. The maximum atomic E-state index is 10.9. The van der Waals surface area contributed by atoms with Crippen molar-refractivity contribution in [2.75, 3.05) is 153 Å². The third-order valence-corrected chi connectivity index (χ3v) is 17.3. The van der Waals surface area contributed by atoms with Gasteiger partial charge in [-0.1, -0.05) is 27.7 Å². The molecule has 0 radical (unpaired) electrons. The van der Waals surface area contributed by atoms with Gasteiger partial charge >= 0.3 is 23.9 Å². The number of nitrogens with one attached hydrogen (secondary N) is 4. The molecule has 0 aromatic rings. The van der Waals surface area contributed by atoms with Crippen LogP contribution in [-0.4, -0.2) is 268 Å². The Kier molecular flexibility index (Phi) is 76.5. The molecule has 0 spiro atoms. The molecule has 0 aromatic carbocycles. The summed E-state index contributed by atoms with van der Waals surface area (Å²) >= 11 is 0. The van der Waals surface area contributed by atoms with E-state index < -0.39 is 129 Å². The first-order chi connectivity index (χ1) is 40.6. The quantitative estimate of drug-likeness (QED) is 0.0258. The second kappa shape index (κ2) is 66.7. The van der Waals surface area contributed by atoms with Crippen LogP contribution < -0.4 is 32.7 Å². The number of aliphatic hydroxyl groups is 2. The molecule has 528 valence electrons. The van der Waals surface area contributed by atoms with Crippen LogP contribution in [0, 0.1) is 23.7 Å². The van der Waals surface area contributed by atoms with E-state index in [9.17, 15) is 72.0 Å². The van der Waals surface area contributed by atoms with Gasteiger partial charge in [0.2, 0.25) is 23.6 Å². The van der Waals surface area contributed by atoms with Crippen molar-refractivity contribution < 1.29 is 101 Å². The first-order valence-electron chi connectivity index (χ1n) is 27.1. The summed E-state index contributed by atoms with van der Waals surface area (Å²) in [6, 6.07) is -1.16. The molecule has 16 unspecified atom stereocenters. The number of esters is 4. The van der Waals surface area contributed by atoms with Gasteiger partial charge in [0.15, 0.2) is 6.10 Å². The Morgan fingerprint density at radius 1 is 0.318 bits per heavy atom. The van der Waals surface area contributed by atoms with Gasteiger partial charge in [0.05, 0.1) is 46.3 Å². The largest absolute Gasteiger partial charge is 0.469 e. The summed E-state index contributed by atoms with van der Waals surface area (Å²) in [5.74, 6) is 1.47. The van der Waals surface area contributed by atoms with Crippen LogP contribution in [0.2, 0.25) is 0 Å². The van der Waals surface area contributed by atoms with Crippen LogP contribution in [0.3, 0.4) is 0 Å². The van der Waals surface area contributed by atoms with Gasteiger partial charge in [0, 0.05) is 222 Å². The van der Waals surface area contributed by atoms with E-state index in [2.05, 4.69) is 40.2 Å². The Labute approximate surface area is 544 Å². The number of hydrogen-bond acceptors (Lipinski definition) is 24. The van der Waals surface area contributed by atoms with Crippen LogP contribution in [0.25, 0.3) is 0 Å². The summed E-state index contributed by atoms with van der Waals surface area (Å²) in [6.07, 6.45) is 14.6. The van der Waals surface area contributed by atoms with Crippen molar-refractivity contribution in [3.63, 3.8) is 0 Å². The van der Waals surface area contributed by atoms with Gasteiger partial charge < -0.3 is 61.9 Å². The average Bonchev–Trinajstić information content (AvgIpc) is 3.48. The Hall–Kier alpha value is -3.20. The standard InChI is InChI=1S/2C7H15NO2S.2C7H14O3S.C6H14N2O2S.2C6H13NO3S.C6H12O4S/c2*1-6(7(9)8-2)4-5-11(3)10;2*1-6(7(8)10-2)4-5-11(3)9;1-8-6(9)5(7)3-4-11(2)10;1-10-6(8)5(7)3-4-11(2)9;1-7-6(9)5(8)3-4-11(2)10;1-10-6(8)5(7)3-4-11(2)9/h2*6H,4-5H2,1-3H3,(H,8,9);2*6H,4-5H2,1-3H3;5H,3-4,7H2,1-2H3,(H,8,9);5H,3-4,7H2,1-2H3;5,8H,3-4H2,1-2H3,(H,7,9);5,7H,3-4H2,1-2H3. The molecule has 0 aromatic heterocycles. The summed E-state index contributed by atoms with van der Waals surface area (Å²) in [6.45, 7) is 7.23. The van der Waals surface area contributed by atoms with Gasteiger partial charge in [0.25, 0.3) is 0 Å². The van der Waals surface area contributed by atoms with Crippen LogP contribution in [0.1, 0.15) is 79.1 Å². The molecule has 28 nitrogen and oxygen atoms in total. The molecular weight excluding hydrogens is 1320 g/mol. The number of rotatable bonds is 32. The second-order valence-corrected chi connectivity index (χ2v) is 31.4. The van der Waals surface area contributed by atoms with E-state index in [-0.39, 0.29) is 66.2 Å². The van der Waals surface area contributed by atoms with E-state index >= 15 is 0 Å². The Balaban J connectivity index is -0.000000139. The number of amides is 4.